The highest BCUT2D eigenvalue weighted by Gasteiger charge is 2.52. The number of carbonyl (C=O) groups excluding carboxylic acids is 1. The standard InChI is InChI=1S/C13H16N5O8P/c1-2-23-13(20)17-10-7-11(15-4-14-10)18(5-16-7)12-8(19)9-6(25-12)3-24-27(21,22)26-9/h4-6,8-9,12,19H,2-3H2,1H3,(H,21,22)(H,14,15,17,20). The first-order chi connectivity index (χ1) is 12.9. The highest BCUT2D eigenvalue weighted by molar-refractivity contribution is 7.47. The van der Waals surface area contributed by atoms with Gasteiger partial charge in [0.1, 0.15) is 24.6 Å². The highest BCUT2D eigenvalue weighted by atomic mass is 31.2. The largest absolute Gasteiger partial charge is 0.472 e. The van der Waals surface area contributed by atoms with Gasteiger partial charge in [0.05, 0.1) is 19.5 Å². The molecule has 2 aliphatic heterocycles. The first-order valence-corrected chi connectivity index (χ1v) is 9.49. The van der Waals surface area contributed by atoms with Crippen LogP contribution in [0.4, 0.5) is 10.6 Å². The monoisotopic (exact) mass is 401 g/mol. The van der Waals surface area contributed by atoms with E-state index in [1.807, 2.05) is 0 Å². The van der Waals surface area contributed by atoms with Crippen LogP contribution in [0.25, 0.3) is 11.2 Å². The Kier molecular flexibility index (Phi) is 4.58. The quantitative estimate of drug-likeness (QED) is 0.600. The summed E-state index contributed by atoms with van der Waals surface area (Å²) < 4.78 is 33.1. The predicted molar refractivity (Wildman–Crippen MR) is 86.5 cm³/mol. The highest BCUT2D eigenvalue weighted by Crippen LogP contribution is 2.52. The SMILES string of the molecule is CCOC(=O)Nc1ncnc2c1ncn2C1OC2COP(=O)(O)OC2C1O. The van der Waals surface area contributed by atoms with Crippen molar-refractivity contribution in [2.75, 3.05) is 18.5 Å². The van der Waals surface area contributed by atoms with E-state index in [4.69, 9.17) is 18.5 Å². The number of hydrogen-bond acceptors (Lipinski definition) is 10. The molecule has 4 rings (SSSR count). The van der Waals surface area contributed by atoms with Crippen molar-refractivity contribution in [2.24, 2.45) is 0 Å². The molecule has 13 nitrogen and oxygen atoms in total. The van der Waals surface area contributed by atoms with Gasteiger partial charge in [0.15, 0.2) is 23.2 Å². The molecule has 2 saturated heterocycles. The molecule has 4 heterocycles. The summed E-state index contributed by atoms with van der Waals surface area (Å²) in [6.07, 6.45) is -2.19. The second-order valence-corrected chi connectivity index (χ2v) is 7.19. The number of aromatic nitrogens is 4. The van der Waals surface area contributed by atoms with Crippen molar-refractivity contribution in [3.8, 4) is 0 Å². The minimum Gasteiger partial charge on any atom is -0.450 e. The summed E-state index contributed by atoms with van der Waals surface area (Å²) in [6.45, 7) is 1.65. The van der Waals surface area contributed by atoms with E-state index in [1.165, 1.54) is 17.2 Å². The topological polar surface area (TPSA) is 167 Å². The zero-order chi connectivity index (χ0) is 19.2. The summed E-state index contributed by atoms with van der Waals surface area (Å²) in [6, 6.07) is 0. The van der Waals surface area contributed by atoms with E-state index >= 15 is 0 Å². The molecule has 0 saturated carbocycles. The van der Waals surface area contributed by atoms with Gasteiger partial charge in [0.25, 0.3) is 0 Å². The van der Waals surface area contributed by atoms with E-state index in [9.17, 15) is 19.4 Å². The van der Waals surface area contributed by atoms with Crippen LogP contribution < -0.4 is 5.32 Å². The van der Waals surface area contributed by atoms with Crippen LogP contribution in [0.15, 0.2) is 12.7 Å². The fourth-order valence-electron chi connectivity index (χ4n) is 2.96. The molecule has 3 N–H and O–H groups in total. The van der Waals surface area contributed by atoms with Gasteiger partial charge in [0.2, 0.25) is 0 Å². The molecule has 2 aromatic heterocycles. The molecule has 0 spiro atoms. The number of anilines is 1. The van der Waals surface area contributed by atoms with Crippen LogP contribution in [-0.2, 0) is 23.1 Å². The summed E-state index contributed by atoms with van der Waals surface area (Å²) in [5, 5.41) is 13.0. The Morgan fingerprint density at radius 3 is 3.07 bits per heavy atom. The summed E-state index contributed by atoms with van der Waals surface area (Å²) in [7, 11) is -4.23. The van der Waals surface area contributed by atoms with Crippen molar-refractivity contribution < 1.29 is 37.9 Å². The molecule has 1 amide bonds. The first kappa shape index (κ1) is 18.2. The molecule has 5 unspecified atom stereocenters. The van der Waals surface area contributed by atoms with Crippen LogP contribution in [0, 0.1) is 0 Å². The maximum atomic E-state index is 11.6. The number of amides is 1. The van der Waals surface area contributed by atoms with Crippen LogP contribution in [-0.4, -0.2) is 67.1 Å². The number of fused-ring (bicyclic) bond motifs is 2. The fourth-order valence-corrected chi connectivity index (χ4v) is 3.92. The average molecular weight is 401 g/mol. The zero-order valence-corrected chi connectivity index (χ0v) is 14.9. The Morgan fingerprint density at radius 1 is 1.48 bits per heavy atom. The van der Waals surface area contributed by atoms with Crippen molar-refractivity contribution in [1.29, 1.82) is 0 Å². The number of nitrogens with zero attached hydrogens (tertiary/aromatic N) is 4. The molecule has 2 fully saturated rings. The van der Waals surface area contributed by atoms with Gasteiger partial charge in [-0.1, -0.05) is 0 Å². The number of phosphoric ester groups is 1. The first-order valence-electron chi connectivity index (χ1n) is 8.00. The average Bonchev–Trinajstić information content (AvgIpc) is 3.17. The molecule has 2 aromatic rings. The van der Waals surface area contributed by atoms with Gasteiger partial charge in [-0.15, -0.1) is 0 Å². The summed E-state index contributed by atoms with van der Waals surface area (Å²) in [5.41, 5.74) is 0.522. The van der Waals surface area contributed by atoms with Gasteiger partial charge >= 0.3 is 13.9 Å². The van der Waals surface area contributed by atoms with Crippen LogP contribution in [0.3, 0.4) is 0 Å². The lowest BCUT2D eigenvalue weighted by Gasteiger charge is -2.27. The Bertz CT molecular complexity index is 921. The molecular formula is C13H16N5O8P. The van der Waals surface area contributed by atoms with Crippen LogP contribution >= 0.6 is 7.82 Å². The summed E-state index contributed by atoms with van der Waals surface area (Å²) >= 11 is 0. The third-order valence-corrected chi connectivity index (χ3v) is 5.08. The molecule has 2 aliphatic rings. The van der Waals surface area contributed by atoms with Gasteiger partial charge in [-0.2, -0.15) is 0 Å². The fraction of sp³-hybridized carbons (Fsp3) is 0.538. The predicted octanol–water partition coefficient (Wildman–Crippen LogP) is 0.169. The van der Waals surface area contributed by atoms with E-state index in [1.54, 1.807) is 6.92 Å². The summed E-state index contributed by atoms with van der Waals surface area (Å²) in [4.78, 5) is 33.3. The normalized spacial score (nSPS) is 33.0. The lowest BCUT2D eigenvalue weighted by atomic mass is 10.1. The third-order valence-electron chi connectivity index (χ3n) is 4.10. The van der Waals surface area contributed by atoms with E-state index in [0.717, 1.165) is 0 Å². The third kappa shape index (κ3) is 3.29. The van der Waals surface area contributed by atoms with Crippen LogP contribution in [0.2, 0.25) is 0 Å². The number of ether oxygens (including phenoxy) is 2. The van der Waals surface area contributed by atoms with E-state index < -0.39 is 38.5 Å². The second kappa shape index (κ2) is 6.78. The minimum atomic E-state index is -4.23. The smallest absolute Gasteiger partial charge is 0.450 e. The van der Waals surface area contributed by atoms with Crippen LogP contribution in [0.1, 0.15) is 13.2 Å². The van der Waals surface area contributed by atoms with Gasteiger partial charge < -0.3 is 19.5 Å². The number of aliphatic hydroxyl groups excluding tert-OH is 1. The molecule has 0 aromatic carbocycles. The van der Waals surface area contributed by atoms with Gasteiger partial charge in [0, 0.05) is 0 Å². The zero-order valence-electron chi connectivity index (χ0n) is 14.0. The number of rotatable bonds is 3. The Labute approximate surface area is 151 Å². The molecule has 14 heteroatoms. The molecule has 5 atom stereocenters. The van der Waals surface area contributed by atoms with Crippen molar-refractivity contribution in [2.45, 2.75) is 31.5 Å². The number of aliphatic hydroxyl groups is 1. The van der Waals surface area contributed by atoms with E-state index in [2.05, 4.69) is 20.3 Å². The number of hydrogen-bond donors (Lipinski definition) is 3. The van der Waals surface area contributed by atoms with Crippen molar-refractivity contribution in [3.05, 3.63) is 12.7 Å². The Balaban J connectivity index is 1.63. The number of nitrogens with one attached hydrogen (secondary N) is 1. The molecule has 27 heavy (non-hydrogen) atoms. The van der Waals surface area contributed by atoms with Crippen molar-refractivity contribution >= 4 is 30.9 Å². The number of phosphoric acid groups is 1. The van der Waals surface area contributed by atoms with Crippen molar-refractivity contribution in [1.82, 2.24) is 19.5 Å². The Morgan fingerprint density at radius 2 is 2.30 bits per heavy atom. The summed E-state index contributed by atoms with van der Waals surface area (Å²) in [5.74, 6) is 0.126. The van der Waals surface area contributed by atoms with Gasteiger partial charge in [-0.05, 0) is 6.92 Å². The maximum Gasteiger partial charge on any atom is 0.472 e. The van der Waals surface area contributed by atoms with E-state index in [-0.39, 0.29) is 30.2 Å². The molecule has 0 bridgehead atoms. The van der Waals surface area contributed by atoms with Gasteiger partial charge in [-0.3, -0.25) is 18.9 Å². The maximum absolute atomic E-state index is 11.6. The lowest BCUT2D eigenvalue weighted by molar-refractivity contribution is -0.0664. The van der Waals surface area contributed by atoms with Crippen LogP contribution in [0.5, 0.6) is 0 Å². The number of carbonyl (C=O) groups is 1. The van der Waals surface area contributed by atoms with Gasteiger partial charge in [-0.25, -0.2) is 24.3 Å². The Hall–Kier alpha value is -2.15. The molecule has 0 aliphatic carbocycles. The molecular weight excluding hydrogens is 385 g/mol. The van der Waals surface area contributed by atoms with Crippen molar-refractivity contribution in [3.63, 3.8) is 0 Å². The minimum absolute atomic E-state index is 0.126. The van der Waals surface area contributed by atoms with E-state index in [0.29, 0.717) is 0 Å². The molecule has 146 valence electrons. The number of imidazole rings is 1. The molecule has 0 radical (unpaired) electrons. The second-order valence-electron chi connectivity index (χ2n) is 5.78. The lowest BCUT2D eigenvalue weighted by Crippen LogP contribution is -2.39.